The van der Waals surface area contributed by atoms with E-state index in [0.29, 0.717) is 0 Å². The molecule has 10 nitrogen and oxygen atoms in total. The van der Waals surface area contributed by atoms with Gasteiger partial charge < -0.3 is 5.32 Å². The standard InChI is InChI=1S/C29H22ClF3N6O4S/c30-23-4-2-1-3-22(23)26(27(40)37-20-13-29(32,33)14-20)38(21-10-18(16-35)9-19(31)12-21)28(41)24-6-8-44(42,43)39(24)25-11-17(15-34)5-7-36-25/h1-5,7,9-12,20,24,26H,6,8,13-14H2,(H,37,40)/t24-,26+/m0/s1. The van der Waals surface area contributed by atoms with Crippen molar-refractivity contribution >= 4 is 44.9 Å². The Morgan fingerprint density at radius 1 is 1.09 bits per heavy atom. The van der Waals surface area contributed by atoms with Crippen LogP contribution in [0.3, 0.4) is 0 Å². The van der Waals surface area contributed by atoms with Crippen LogP contribution in [0.5, 0.6) is 0 Å². The number of carbonyl (C=O) groups excluding carboxylic acids is 2. The molecule has 1 aromatic heterocycles. The molecule has 15 heteroatoms. The second-order valence-electron chi connectivity index (χ2n) is 10.3. The molecule has 1 saturated carbocycles. The molecule has 1 aliphatic heterocycles. The lowest BCUT2D eigenvalue weighted by Gasteiger charge is -2.39. The maximum atomic E-state index is 14.8. The fourth-order valence-electron chi connectivity index (χ4n) is 5.28. The molecule has 2 heterocycles. The van der Waals surface area contributed by atoms with Gasteiger partial charge in [-0.25, -0.2) is 30.9 Å². The highest BCUT2D eigenvalue weighted by Gasteiger charge is 2.49. The van der Waals surface area contributed by atoms with Crippen molar-refractivity contribution in [2.45, 2.75) is 43.3 Å². The summed E-state index contributed by atoms with van der Waals surface area (Å²) in [4.78, 5) is 33.3. The van der Waals surface area contributed by atoms with Gasteiger partial charge in [0.1, 0.15) is 23.7 Å². The van der Waals surface area contributed by atoms with Crippen LogP contribution in [0.1, 0.15) is 42.0 Å². The summed E-state index contributed by atoms with van der Waals surface area (Å²) >= 11 is 6.47. The monoisotopic (exact) mass is 642 g/mol. The Morgan fingerprint density at radius 2 is 1.80 bits per heavy atom. The molecular formula is C29H22ClF3N6O4S. The number of hydrogen-bond donors (Lipinski definition) is 1. The lowest BCUT2D eigenvalue weighted by Crippen LogP contribution is -2.56. The number of sulfonamides is 1. The van der Waals surface area contributed by atoms with E-state index in [0.717, 1.165) is 27.4 Å². The number of carbonyl (C=O) groups is 2. The van der Waals surface area contributed by atoms with Gasteiger partial charge in [0.05, 0.1) is 29.0 Å². The Labute approximate surface area is 255 Å². The van der Waals surface area contributed by atoms with Crippen LogP contribution in [-0.4, -0.2) is 49.0 Å². The van der Waals surface area contributed by atoms with E-state index in [2.05, 4.69) is 10.3 Å². The molecule has 226 valence electrons. The van der Waals surface area contributed by atoms with Gasteiger partial charge in [-0.05, 0) is 42.8 Å². The Bertz CT molecular complexity index is 1840. The van der Waals surface area contributed by atoms with E-state index in [1.165, 1.54) is 36.5 Å². The summed E-state index contributed by atoms with van der Waals surface area (Å²) in [6.45, 7) is 0. The second-order valence-corrected chi connectivity index (χ2v) is 12.7. The number of rotatable bonds is 7. The number of alkyl halides is 2. The lowest BCUT2D eigenvalue weighted by molar-refractivity contribution is -0.133. The van der Waals surface area contributed by atoms with Crippen molar-refractivity contribution in [3.05, 3.63) is 88.3 Å². The molecule has 2 aliphatic rings. The van der Waals surface area contributed by atoms with Gasteiger partial charge >= 0.3 is 0 Å². The Hall–Kier alpha value is -4.66. The van der Waals surface area contributed by atoms with Crippen molar-refractivity contribution in [3.8, 4) is 12.1 Å². The van der Waals surface area contributed by atoms with Crippen LogP contribution in [0.4, 0.5) is 24.7 Å². The van der Waals surface area contributed by atoms with Gasteiger partial charge in [-0.15, -0.1) is 0 Å². The van der Waals surface area contributed by atoms with Crippen molar-refractivity contribution in [2.24, 2.45) is 0 Å². The highest BCUT2D eigenvalue weighted by atomic mass is 35.5. The SMILES string of the molecule is N#Cc1cc(F)cc(N(C(=O)[C@@H]2CCS(=O)(=O)N2c2cc(C#N)ccn2)[C@@H](C(=O)NC2CC(F)(F)C2)c2ccccc2Cl)c1. The average molecular weight is 643 g/mol. The number of amides is 2. The van der Waals surface area contributed by atoms with Crippen LogP contribution in [0, 0.1) is 28.5 Å². The van der Waals surface area contributed by atoms with Crippen molar-refractivity contribution in [2.75, 3.05) is 15.0 Å². The molecular weight excluding hydrogens is 621 g/mol. The Balaban J connectivity index is 1.68. The van der Waals surface area contributed by atoms with Crippen molar-refractivity contribution in [3.63, 3.8) is 0 Å². The van der Waals surface area contributed by atoms with Crippen LogP contribution in [0.25, 0.3) is 0 Å². The minimum Gasteiger partial charge on any atom is -0.351 e. The number of nitrogens with one attached hydrogen (secondary N) is 1. The number of halogens is 4. The van der Waals surface area contributed by atoms with Gasteiger partial charge in [-0.2, -0.15) is 10.5 Å². The van der Waals surface area contributed by atoms with E-state index in [1.807, 2.05) is 6.07 Å². The van der Waals surface area contributed by atoms with Gasteiger partial charge in [-0.3, -0.25) is 14.5 Å². The third kappa shape index (κ3) is 6.04. The summed E-state index contributed by atoms with van der Waals surface area (Å²) in [6, 6.07) is 10.8. The third-order valence-corrected chi connectivity index (χ3v) is 9.42. The van der Waals surface area contributed by atoms with E-state index in [1.54, 1.807) is 12.1 Å². The summed E-state index contributed by atoms with van der Waals surface area (Å²) in [7, 11) is -4.16. The van der Waals surface area contributed by atoms with Gasteiger partial charge in [0.15, 0.2) is 0 Å². The molecule has 0 unspecified atom stereocenters. The van der Waals surface area contributed by atoms with Gasteiger partial charge in [0.25, 0.3) is 11.8 Å². The van der Waals surface area contributed by atoms with Crippen LogP contribution in [-0.2, 0) is 19.6 Å². The number of pyridine rings is 1. The molecule has 0 bridgehead atoms. The van der Waals surface area contributed by atoms with Gasteiger partial charge in [0.2, 0.25) is 15.9 Å². The minimum atomic E-state index is -4.16. The highest BCUT2D eigenvalue weighted by Crippen LogP contribution is 2.40. The van der Waals surface area contributed by atoms with Crippen molar-refractivity contribution < 1.29 is 31.2 Å². The normalized spacial score (nSPS) is 19.2. The number of hydrogen-bond acceptors (Lipinski definition) is 7. The zero-order valence-electron chi connectivity index (χ0n) is 22.6. The van der Waals surface area contributed by atoms with E-state index in [9.17, 15) is 41.7 Å². The first-order chi connectivity index (χ1) is 20.8. The fourth-order valence-corrected chi connectivity index (χ4v) is 7.21. The van der Waals surface area contributed by atoms with E-state index in [4.69, 9.17) is 11.6 Å². The van der Waals surface area contributed by atoms with Gasteiger partial charge in [-0.1, -0.05) is 29.8 Å². The zero-order valence-corrected chi connectivity index (χ0v) is 24.2. The molecule has 2 atom stereocenters. The third-order valence-electron chi connectivity index (χ3n) is 7.29. The predicted molar refractivity (Wildman–Crippen MR) is 153 cm³/mol. The first-order valence-electron chi connectivity index (χ1n) is 13.2. The Kier molecular flexibility index (Phi) is 8.25. The van der Waals surface area contributed by atoms with Crippen LogP contribution in [0.15, 0.2) is 60.8 Å². The average Bonchev–Trinajstić information content (AvgIpc) is 3.29. The molecule has 5 rings (SSSR count). The van der Waals surface area contributed by atoms with E-state index in [-0.39, 0.29) is 39.6 Å². The van der Waals surface area contributed by atoms with Crippen molar-refractivity contribution in [1.82, 2.24) is 10.3 Å². The molecule has 1 N–H and O–H groups in total. The summed E-state index contributed by atoms with van der Waals surface area (Å²) in [5, 5.41) is 21.4. The number of aromatic nitrogens is 1. The summed E-state index contributed by atoms with van der Waals surface area (Å²) in [6.07, 6.45) is -0.366. The van der Waals surface area contributed by atoms with E-state index >= 15 is 0 Å². The molecule has 0 radical (unpaired) electrons. The van der Waals surface area contributed by atoms with Crippen LogP contribution < -0.4 is 14.5 Å². The predicted octanol–water partition coefficient (Wildman–Crippen LogP) is 4.21. The number of nitrogens with zero attached hydrogens (tertiary/aromatic N) is 5. The summed E-state index contributed by atoms with van der Waals surface area (Å²) in [5.74, 6) is -6.60. The molecule has 2 amide bonds. The largest absolute Gasteiger partial charge is 0.351 e. The summed E-state index contributed by atoms with van der Waals surface area (Å²) in [5.41, 5.74) is -0.400. The molecule has 44 heavy (non-hydrogen) atoms. The first-order valence-corrected chi connectivity index (χ1v) is 15.2. The van der Waals surface area contributed by atoms with Gasteiger partial charge in [0, 0.05) is 41.4 Å². The van der Waals surface area contributed by atoms with Crippen LogP contribution in [0.2, 0.25) is 5.02 Å². The number of benzene rings is 2. The second kappa shape index (κ2) is 11.8. The van der Waals surface area contributed by atoms with Crippen LogP contribution >= 0.6 is 11.6 Å². The molecule has 3 aromatic rings. The minimum absolute atomic E-state index is 0.000543. The quantitative estimate of drug-likeness (QED) is 0.406. The maximum absolute atomic E-state index is 14.8. The fraction of sp³-hybridized carbons (Fsp3) is 0.276. The van der Waals surface area contributed by atoms with E-state index < -0.39 is 70.3 Å². The first kappa shape index (κ1) is 30.8. The molecule has 0 spiro atoms. The van der Waals surface area contributed by atoms with Crippen molar-refractivity contribution in [1.29, 1.82) is 10.5 Å². The highest BCUT2D eigenvalue weighted by molar-refractivity contribution is 7.93. The topological polar surface area (TPSA) is 147 Å². The molecule has 1 aliphatic carbocycles. The summed E-state index contributed by atoms with van der Waals surface area (Å²) < 4.78 is 69.3. The molecule has 1 saturated heterocycles. The lowest BCUT2D eigenvalue weighted by atomic mass is 9.87. The Morgan fingerprint density at radius 3 is 2.45 bits per heavy atom. The number of anilines is 2. The maximum Gasteiger partial charge on any atom is 0.252 e. The molecule has 2 aromatic carbocycles. The number of nitriles is 2. The molecule has 2 fully saturated rings. The zero-order chi connectivity index (χ0) is 31.8. The smallest absolute Gasteiger partial charge is 0.252 e.